The van der Waals surface area contributed by atoms with Gasteiger partial charge in [0, 0.05) is 30.3 Å². The summed E-state index contributed by atoms with van der Waals surface area (Å²) < 4.78 is 46.9. The molecule has 3 heterocycles. The maximum Gasteiger partial charge on any atom is 0.434 e. The number of halogens is 3. The molecule has 38 heavy (non-hydrogen) atoms. The Bertz CT molecular complexity index is 1480. The summed E-state index contributed by atoms with van der Waals surface area (Å²) in [6.07, 6.45) is 1.96. The molecule has 2 saturated carbocycles. The van der Waals surface area contributed by atoms with E-state index in [1.54, 1.807) is 30.7 Å². The van der Waals surface area contributed by atoms with Crippen LogP contribution in [0.15, 0.2) is 36.8 Å². The van der Waals surface area contributed by atoms with Gasteiger partial charge < -0.3 is 14.6 Å². The van der Waals surface area contributed by atoms with Crippen LogP contribution < -0.4 is 10.1 Å². The summed E-state index contributed by atoms with van der Waals surface area (Å²) in [6, 6.07) is 7.36. The monoisotopic (exact) mass is 522 g/mol. The molecule has 0 unspecified atom stereocenters. The fourth-order valence-corrected chi connectivity index (χ4v) is 4.41. The summed E-state index contributed by atoms with van der Waals surface area (Å²) in [5.74, 6) is 2.48. The fourth-order valence-electron chi connectivity index (χ4n) is 4.41. The molecule has 0 spiro atoms. The van der Waals surface area contributed by atoms with Gasteiger partial charge in [-0.25, -0.2) is 19.9 Å². The normalized spacial score (nSPS) is 15.5. The fraction of sp³-hybridized carbons (Fsp3) is 0.385. The number of imidazole rings is 1. The van der Waals surface area contributed by atoms with E-state index in [-0.39, 0.29) is 6.04 Å². The minimum atomic E-state index is -4.48. The summed E-state index contributed by atoms with van der Waals surface area (Å²) in [5, 5.41) is 3.22. The number of nitrogens with zero attached hydrogens (tertiary/aromatic N) is 7. The van der Waals surface area contributed by atoms with Crippen molar-refractivity contribution in [2.45, 2.75) is 57.3 Å². The van der Waals surface area contributed by atoms with Gasteiger partial charge >= 0.3 is 6.18 Å². The molecule has 0 atom stereocenters. The van der Waals surface area contributed by atoms with Crippen LogP contribution in [0.1, 0.15) is 60.4 Å². The number of nitrogens with one attached hydrogen (secondary N) is 1. The molecule has 1 N–H and O–H groups in total. The number of ether oxygens (including phenoxy) is 1. The minimum absolute atomic E-state index is 0.0743. The number of aromatic nitrogens is 7. The molecule has 1 aromatic carbocycles. The van der Waals surface area contributed by atoms with Crippen LogP contribution in [0.5, 0.6) is 5.88 Å². The first-order valence-corrected chi connectivity index (χ1v) is 12.4. The zero-order valence-corrected chi connectivity index (χ0v) is 20.8. The van der Waals surface area contributed by atoms with E-state index in [4.69, 9.17) is 4.74 Å². The Balaban J connectivity index is 1.22. The van der Waals surface area contributed by atoms with E-state index in [1.807, 2.05) is 12.1 Å². The second-order valence-electron chi connectivity index (χ2n) is 9.58. The average Bonchev–Trinajstić information content (AvgIpc) is 3.84. The van der Waals surface area contributed by atoms with Crippen molar-refractivity contribution in [3.63, 3.8) is 0 Å². The lowest BCUT2D eigenvalue weighted by atomic mass is 10.1. The Hall–Kier alpha value is -4.09. The second kappa shape index (κ2) is 9.34. The van der Waals surface area contributed by atoms with Gasteiger partial charge in [-0.3, -0.25) is 0 Å². The third kappa shape index (κ3) is 4.90. The highest BCUT2D eigenvalue weighted by atomic mass is 19.4. The zero-order valence-electron chi connectivity index (χ0n) is 20.8. The quantitative estimate of drug-likeness (QED) is 0.330. The van der Waals surface area contributed by atoms with E-state index in [2.05, 4.69) is 35.2 Å². The largest absolute Gasteiger partial charge is 0.480 e. The summed E-state index contributed by atoms with van der Waals surface area (Å²) in [7, 11) is 1.56. The molecule has 0 bridgehead atoms. The zero-order chi connectivity index (χ0) is 26.4. The van der Waals surface area contributed by atoms with Crippen molar-refractivity contribution in [3.05, 3.63) is 59.6 Å². The van der Waals surface area contributed by atoms with Gasteiger partial charge in [-0.15, -0.1) is 0 Å². The lowest BCUT2D eigenvalue weighted by Gasteiger charge is -2.12. The van der Waals surface area contributed by atoms with Crippen LogP contribution in [-0.4, -0.2) is 41.6 Å². The predicted octanol–water partition coefficient (Wildman–Crippen LogP) is 5.35. The van der Waals surface area contributed by atoms with Gasteiger partial charge in [-0.1, -0.05) is 24.3 Å². The summed E-state index contributed by atoms with van der Waals surface area (Å²) >= 11 is 0. The Morgan fingerprint density at radius 1 is 1.00 bits per heavy atom. The number of alkyl halides is 3. The standard InChI is InChI=1S/C26H25F3N8O/c1-14-33-22(20-21(16-7-8-16)31-13-32-24(20)38-2)36-25(34-14)30-11-15-3-5-17(6-4-15)23-35-19(26(27,28)29)12-37(23)18-9-10-18/h3-6,12-13,16,18H,7-11H2,1-2H3,(H,30,33,34,36). The van der Waals surface area contributed by atoms with Crippen molar-refractivity contribution in [1.82, 2.24) is 34.5 Å². The first-order chi connectivity index (χ1) is 18.3. The maximum atomic E-state index is 13.3. The van der Waals surface area contributed by atoms with Crippen LogP contribution in [0.3, 0.4) is 0 Å². The molecule has 2 fully saturated rings. The van der Waals surface area contributed by atoms with Crippen molar-refractivity contribution in [2.24, 2.45) is 0 Å². The van der Waals surface area contributed by atoms with E-state index in [0.717, 1.165) is 43.1 Å². The van der Waals surface area contributed by atoms with Gasteiger partial charge in [0.2, 0.25) is 11.8 Å². The molecule has 6 rings (SSSR count). The highest BCUT2D eigenvalue weighted by Gasteiger charge is 2.37. The lowest BCUT2D eigenvalue weighted by molar-refractivity contribution is -0.140. The van der Waals surface area contributed by atoms with Gasteiger partial charge in [0.25, 0.3) is 0 Å². The molecule has 0 radical (unpaired) electrons. The molecule has 0 amide bonds. The van der Waals surface area contributed by atoms with Gasteiger partial charge in [-0.05, 0) is 38.2 Å². The van der Waals surface area contributed by atoms with Crippen molar-refractivity contribution in [2.75, 3.05) is 12.4 Å². The third-order valence-electron chi connectivity index (χ3n) is 6.60. The van der Waals surface area contributed by atoms with Gasteiger partial charge in [0.15, 0.2) is 11.5 Å². The number of aryl methyl sites for hydroxylation is 1. The Morgan fingerprint density at radius 3 is 2.42 bits per heavy atom. The molecular formula is C26H25F3N8O. The van der Waals surface area contributed by atoms with Crippen LogP contribution in [0.4, 0.5) is 19.1 Å². The SMILES string of the molecule is COc1ncnc(C2CC2)c1-c1nc(C)nc(NCc2ccc(-c3nc(C(F)(F)F)cn3C3CC3)cc2)n1. The summed E-state index contributed by atoms with van der Waals surface area (Å²) in [5.41, 5.74) is 2.24. The van der Waals surface area contributed by atoms with E-state index < -0.39 is 11.9 Å². The van der Waals surface area contributed by atoms with Crippen LogP contribution in [0, 0.1) is 6.92 Å². The van der Waals surface area contributed by atoms with Gasteiger partial charge in [0.05, 0.1) is 12.8 Å². The molecular weight excluding hydrogens is 497 g/mol. The molecule has 4 aromatic rings. The van der Waals surface area contributed by atoms with E-state index in [0.29, 0.717) is 52.9 Å². The highest BCUT2D eigenvalue weighted by Crippen LogP contribution is 2.45. The number of benzene rings is 1. The number of hydrogen-bond acceptors (Lipinski definition) is 8. The van der Waals surface area contributed by atoms with E-state index in [1.165, 1.54) is 6.33 Å². The third-order valence-corrected chi connectivity index (χ3v) is 6.60. The smallest absolute Gasteiger partial charge is 0.434 e. The van der Waals surface area contributed by atoms with Gasteiger partial charge in [-0.2, -0.15) is 23.1 Å². The summed E-state index contributed by atoms with van der Waals surface area (Å²) in [6.45, 7) is 2.20. The van der Waals surface area contributed by atoms with E-state index in [9.17, 15) is 13.2 Å². The molecule has 2 aliphatic carbocycles. The Labute approximate surface area is 216 Å². The summed E-state index contributed by atoms with van der Waals surface area (Å²) in [4.78, 5) is 26.2. The molecule has 3 aromatic heterocycles. The van der Waals surface area contributed by atoms with Crippen molar-refractivity contribution < 1.29 is 17.9 Å². The van der Waals surface area contributed by atoms with Crippen LogP contribution >= 0.6 is 0 Å². The van der Waals surface area contributed by atoms with Crippen LogP contribution in [0.2, 0.25) is 0 Å². The number of anilines is 1. The molecule has 196 valence electrons. The topological polar surface area (TPSA) is 104 Å². The second-order valence-corrected chi connectivity index (χ2v) is 9.58. The molecule has 12 heteroatoms. The number of methoxy groups -OCH3 is 1. The molecule has 9 nitrogen and oxygen atoms in total. The Kier molecular flexibility index (Phi) is 5.96. The van der Waals surface area contributed by atoms with Crippen molar-refractivity contribution in [3.8, 4) is 28.7 Å². The average molecular weight is 523 g/mol. The Morgan fingerprint density at radius 2 is 1.76 bits per heavy atom. The number of hydrogen-bond donors (Lipinski definition) is 1. The van der Waals surface area contributed by atoms with E-state index >= 15 is 0 Å². The highest BCUT2D eigenvalue weighted by molar-refractivity contribution is 5.66. The first kappa shape index (κ1) is 24.3. The predicted molar refractivity (Wildman–Crippen MR) is 132 cm³/mol. The molecule has 0 aliphatic heterocycles. The number of rotatable bonds is 8. The maximum absolute atomic E-state index is 13.3. The molecule has 0 saturated heterocycles. The van der Waals surface area contributed by atoms with Crippen LogP contribution in [0.25, 0.3) is 22.8 Å². The minimum Gasteiger partial charge on any atom is -0.480 e. The van der Waals surface area contributed by atoms with Crippen molar-refractivity contribution in [1.29, 1.82) is 0 Å². The van der Waals surface area contributed by atoms with Gasteiger partial charge in [0.1, 0.15) is 23.5 Å². The lowest BCUT2D eigenvalue weighted by Crippen LogP contribution is -2.09. The van der Waals surface area contributed by atoms with Crippen LogP contribution in [-0.2, 0) is 12.7 Å². The first-order valence-electron chi connectivity index (χ1n) is 12.4. The molecule has 2 aliphatic rings. The van der Waals surface area contributed by atoms with Crippen molar-refractivity contribution >= 4 is 5.95 Å².